The largest absolute Gasteiger partial charge is 0.458 e. The predicted molar refractivity (Wildman–Crippen MR) is 244 cm³/mol. The van der Waals surface area contributed by atoms with Crippen molar-refractivity contribution in [1.29, 1.82) is 0 Å². The van der Waals surface area contributed by atoms with Crippen LogP contribution in [0.3, 0.4) is 0 Å². The molecule has 5 aliphatic heterocycles. The maximum absolute atomic E-state index is 14.6. The minimum absolute atomic E-state index is 0.0797. The SMILES string of the molecule is CC[C@H]1OC(=O)[C@H](C)[C@H]2OC/C(=N\OCC(=O)Nc3cccc(-c4ccccc4)c3)CO[C@](C)(C[C@@H](C)C3=NCCN4C(=O)O[C@@]1(C)[C@H]4[C@H]3C)[C@H](O[C@H]1O[C@@H](C)C[C@@H](N(C)C)[C@@H]1O)[C@H]2C. The molecule has 2 N–H and O–H groups in total. The zero-order valence-electron chi connectivity index (χ0n) is 39.6. The Labute approximate surface area is 383 Å². The van der Waals surface area contributed by atoms with Gasteiger partial charge in [0.25, 0.3) is 5.91 Å². The smallest absolute Gasteiger partial charge is 0.410 e. The summed E-state index contributed by atoms with van der Waals surface area (Å²) in [5, 5.41) is 19.1. The van der Waals surface area contributed by atoms with Crippen molar-refractivity contribution < 1.29 is 52.7 Å². The molecule has 16 nitrogen and oxygen atoms in total. The third-order valence-corrected chi connectivity index (χ3v) is 14.2. The number of hydrogen-bond acceptors (Lipinski definition) is 14. The lowest BCUT2D eigenvalue weighted by molar-refractivity contribution is -0.302. The number of amides is 2. The molecule has 2 aromatic rings. The van der Waals surface area contributed by atoms with E-state index in [9.17, 15) is 19.5 Å². The number of carbonyl (C=O) groups is 3. The van der Waals surface area contributed by atoms with Crippen LogP contribution in [0.5, 0.6) is 0 Å². The molecule has 0 unspecified atom stereocenters. The van der Waals surface area contributed by atoms with Gasteiger partial charge in [-0.05, 0) is 90.2 Å². The number of oxime groups is 1. The van der Waals surface area contributed by atoms with Gasteiger partial charge in [0.2, 0.25) is 0 Å². The zero-order chi connectivity index (χ0) is 46.8. The molecular weight excluding hydrogens is 835 g/mol. The van der Waals surface area contributed by atoms with E-state index in [0.29, 0.717) is 43.8 Å². The maximum atomic E-state index is 14.6. The molecule has 16 heteroatoms. The monoisotopic (exact) mass is 903 g/mol. The summed E-state index contributed by atoms with van der Waals surface area (Å²) in [5.74, 6) is -2.90. The molecule has 65 heavy (non-hydrogen) atoms. The Hall–Kier alpha value is -4.45. The molecule has 5 heterocycles. The predicted octanol–water partition coefficient (Wildman–Crippen LogP) is 5.95. The maximum Gasteiger partial charge on any atom is 0.410 e. The van der Waals surface area contributed by atoms with E-state index in [1.54, 1.807) is 11.8 Å². The Bertz CT molecular complexity index is 2070. The quantitative estimate of drug-likeness (QED) is 0.224. The van der Waals surface area contributed by atoms with Crippen LogP contribution in [0.15, 0.2) is 64.7 Å². The van der Waals surface area contributed by atoms with E-state index in [1.165, 1.54) is 0 Å². The lowest BCUT2D eigenvalue weighted by Crippen LogP contribution is -2.60. The second-order valence-electron chi connectivity index (χ2n) is 19.3. The number of benzene rings is 2. The average molecular weight is 904 g/mol. The lowest BCUT2D eigenvalue weighted by atomic mass is 9.72. The number of aliphatic hydroxyl groups excluding tert-OH is 1. The summed E-state index contributed by atoms with van der Waals surface area (Å²) < 4.78 is 39.8. The highest BCUT2D eigenvalue weighted by Gasteiger charge is 2.60. The number of cyclic esters (lactones) is 1. The molecule has 14 atom stereocenters. The number of fused-ring (bicyclic) bond motifs is 4. The van der Waals surface area contributed by atoms with E-state index in [0.717, 1.165) is 16.8 Å². The van der Waals surface area contributed by atoms with E-state index in [-0.39, 0.29) is 43.8 Å². The zero-order valence-corrected chi connectivity index (χ0v) is 39.6. The van der Waals surface area contributed by atoms with Crippen molar-refractivity contribution in [3.05, 3.63) is 54.6 Å². The highest BCUT2D eigenvalue weighted by atomic mass is 16.7. The average Bonchev–Trinajstić information content (AvgIpc) is 3.42. The van der Waals surface area contributed by atoms with Gasteiger partial charge in [-0.15, -0.1) is 0 Å². The number of ether oxygens (including phenoxy) is 6. The summed E-state index contributed by atoms with van der Waals surface area (Å²) >= 11 is 0. The first-order chi connectivity index (χ1) is 30.9. The minimum Gasteiger partial charge on any atom is -0.458 e. The molecular formula is C49H69N5O11. The summed E-state index contributed by atoms with van der Waals surface area (Å²) in [6, 6.07) is 16.7. The first-order valence-corrected chi connectivity index (χ1v) is 23.2. The lowest BCUT2D eigenvalue weighted by Gasteiger charge is -2.48. The van der Waals surface area contributed by atoms with Crippen molar-refractivity contribution in [3.8, 4) is 11.1 Å². The van der Waals surface area contributed by atoms with Gasteiger partial charge in [0.15, 0.2) is 18.5 Å². The number of carbonyl (C=O) groups excluding carboxylic acids is 3. The molecule has 2 aromatic carbocycles. The second-order valence-corrected chi connectivity index (χ2v) is 19.3. The molecule has 0 aliphatic carbocycles. The molecule has 4 bridgehead atoms. The minimum atomic E-state index is -1.17. The molecule has 0 radical (unpaired) electrons. The van der Waals surface area contributed by atoms with E-state index in [1.807, 2.05) is 108 Å². The van der Waals surface area contributed by atoms with Gasteiger partial charge in [-0.25, -0.2) is 4.79 Å². The standard InChI is InChI=1S/C49H69N5O11/c1-11-38-49(8)43-30(4)40(50-20-21-54(43)47(58)65-49)28(2)24-48(7)44(64-46-41(56)37(53(9)10)22-29(3)62-46)31(5)42(32(6)45(57)63-38)59-25-36(26-60-48)52-61-27-39(55)51-35-19-15-18-34(23-35)33-16-13-12-14-17-33/h12-19,23,28-32,37-38,41-44,46,56H,11,20-22,24-27H2,1-10H3,(H,51,55)/b52-36+/t28-,29+,30+,31+,32-,37-,38-,41+,42+,43-,44-,46-,48-,49-/m1/s1. The Morgan fingerprint density at radius 2 is 1.75 bits per heavy atom. The molecule has 0 aromatic heterocycles. The fraction of sp³-hybridized carbons (Fsp3) is 0.653. The summed E-state index contributed by atoms with van der Waals surface area (Å²) in [6.07, 6.45) is -3.83. The molecule has 2 amide bonds. The van der Waals surface area contributed by atoms with Crippen molar-refractivity contribution in [3.63, 3.8) is 0 Å². The Morgan fingerprint density at radius 3 is 2.48 bits per heavy atom. The highest BCUT2D eigenvalue weighted by molar-refractivity contribution is 5.93. The van der Waals surface area contributed by atoms with Crippen molar-refractivity contribution in [2.45, 2.75) is 135 Å². The number of anilines is 1. The number of aliphatic hydroxyl groups is 1. The summed E-state index contributed by atoms with van der Waals surface area (Å²) in [7, 11) is 3.84. The van der Waals surface area contributed by atoms with Crippen molar-refractivity contribution in [2.75, 3.05) is 52.3 Å². The van der Waals surface area contributed by atoms with Gasteiger partial charge in [0.1, 0.15) is 17.9 Å². The number of nitrogens with one attached hydrogen (secondary N) is 1. The molecule has 7 rings (SSSR count). The van der Waals surface area contributed by atoms with Crippen LogP contribution in [0.25, 0.3) is 11.1 Å². The van der Waals surface area contributed by atoms with E-state index in [4.69, 9.17) is 38.3 Å². The van der Waals surface area contributed by atoms with Gasteiger partial charge in [-0.3, -0.25) is 19.5 Å². The number of aliphatic imine (C=N–C) groups is 1. The molecule has 356 valence electrons. The van der Waals surface area contributed by atoms with Gasteiger partial charge in [0, 0.05) is 35.8 Å². The van der Waals surface area contributed by atoms with Gasteiger partial charge in [0.05, 0.1) is 55.6 Å². The van der Waals surface area contributed by atoms with Crippen LogP contribution in [0.4, 0.5) is 10.5 Å². The van der Waals surface area contributed by atoms with Crippen LogP contribution in [0.1, 0.15) is 74.7 Å². The Morgan fingerprint density at radius 1 is 1.02 bits per heavy atom. The van der Waals surface area contributed by atoms with Crippen LogP contribution in [-0.2, 0) is 42.8 Å². The fourth-order valence-electron chi connectivity index (χ4n) is 11.0. The van der Waals surface area contributed by atoms with Crippen molar-refractivity contribution in [2.24, 2.45) is 33.8 Å². The third kappa shape index (κ3) is 10.3. The summed E-state index contributed by atoms with van der Waals surface area (Å²) in [6.45, 7) is 15.7. The summed E-state index contributed by atoms with van der Waals surface area (Å²) in [4.78, 5) is 55.9. The number of esters is 1. The van der Waals surface area contributed by atoms with E-state index >= 15 is 0 Å². The Kier molecular flexibility index (Phi) is 15.1. The molecule has 4 saturated heterocycles. The first-order valence-electron chi connectivity index (χ1n) is 23.2. The van der Waals surface area contributed by atoms with E-state index in [2.05, 4.69) is 24.3 Å². The fourth-order valence-corrected chi connectivity index (χ4v) is 11.0. The number of hydrogen-bond donors (Lipinski definition) is 2. The number of likely N-dealkylation sites (N-methyl/N-ethyl adjacent to an activating group) is 1. The normalized spacial score (nSPS) is 37.5. The van der Waals surface area contributed by atoms with Gasteiger partial charge in [-0.1, -0.05) is 75.3 Å². The van der Waals surface area contributed by atoms with Crippen LogP contribution >= 0.6 is 0 Å². The molecule has 4 fully saturated rings. The molecule has 5 aliphatic rings. The van der Waals surface area contributed by atoms with Gasteiger partial charge in [-0.2, -0.15) is 0 Å². The molecule has 0 saturated carbocycles. The summed E-state index contributed by atoms with van der Waals surface area (Å²) in [5.41, 5.74) is 1.48. The van der Waals surface area contributed by atoms with Crippen LogP contribution in [0, 0.1) is 23.7 Å². The second kappa shape index (κ2) is 20.2. The van der Waals surface area contributed by atoms with Crippen molar-refractivity contribution in [1.82, 2.24) is 9.80 Å². The van der Waals surface area contributed by atoms with Gasteiger partial charge >= 0.3 is 12.1 Å². The first kappa shape index (κ1) is 48.5. The van der Waals surface area contributed by atoms with Crippen molar-refractivity contribution >= 4 is 35.1 Å². The number of rotatable bonds is 9. The van der Waals surface area contributed by atoms with Crippen LogP contribution in [-0.4, -0.2) is 151 Å². The number of nitrogens with zero attached hydrogens (tertiary/aromatic N) is 4. The Balaban J connectivity index is 1.23. The van der Waals surface area contributed by atoms with Gasteiger partial charge < -0.3 is 48.6 Å². The highest BCUT2D eigenvalue weighted by Crippen LogP contribution is 2.45. The third-order valence-electron chi connectivity index (χ3n) is 14.2. The topological polar surface area (TPSA) is 179 Å². The van der Waals surface area contributed by atoms with E-state index < -0.39 is 77.8 Å². The van der Waals surface area contributed by atoms with Crippen LogP contribution in [0.2, 0.25) is 0 Å². The van der Waals surface area contributed by atoms with Crippen LogP contribution < -0.4 is 5.32 Å². The molecule has 0 spiro atoms.